The highest BCUT2D eigenvalue weighted by molar-refractivity contribution is 7.47. The predicted octanol–water partition coefficient (Wildman–Crippen LogP) is 10.1. The second-order valence-corrected chi connectivity index (χ2v) is 13.6. The standard InChI is InChI=1S/C41H68NO8P/c1-3-5-7-9-11-13-15-17-18-19-20-22-24-26-28-30-32-34-41(45)48-37-39(43)38-50-51(46,47)49-36-35-42-40(44)33-31-29-27-25-23-21-16-14-12-10-8-6-4-2/h5,7-8,10-11,13-14,16-18,20,22,26,28,39,43H,3-4,6,9,12,15,19,21,23-25,27,29-38H2,1-2H3,(H,42,44)(H,46,47)/b7-5-,10-8-,13-11-,16-14-,18-17-,22-20-,28-26-. The van der Waals surface area contributed by atoms with Crippen LogP contribution in [0.3, 0.4) is 0 Å². The van der Waals surface area contributed by atoms with Gasteiger partial charge in [0.25, 0.3) is 0 Å². The SMILES string of the molecule is CC/C=C\C/C=C\C/C=C\C/C=C\C/C=C\CCCC(=O)OCC(O)COP(=O)(O)OCCNC(=O)CCCCCCC/C=C\C/C=C\CCC. The topological polar surface area (TPSA) is 131 Å². The Hall–Kier alpha value is -2.81. The van der Waals surface area contributed by atoms with Crippen molar-refractivity contribution < 1.29 is 37.9 Å². The monoisotopic (exact) mass is 733 g/mol. The van der Waals surface area contributed by atoms with E-state index in [1.54, 1.807) is 0 Å². The number of phosphoric ester groups is 1. The molecule has 0 radical (unpaired) electrons. The molecule has 0 aliphatic rings. The van der Waals surface area contributed by atoms with Crippen molar-refractivity contribution in [3.8, 4) is 0 Å². The second-order valence-electron chi connectivity index (χ2n) is 12.2. The lowest BCUT2D eigenvalue weighted by atomic mass is 10.1. The molecule has 0 aromatic heterocycles. The van der Waals surface area contributed by atoms with Crippen molar-refractivity contribution in [3.05, 3.63) is 85.1 Å². The molecule has 2 atom stereocenters. The van der Waals surface area contributed by atoms with Gasteiger partial charge in [-0.25, -0.2) is 4.57 Å². The Morgan fingerprint density at radius 2 is 1.14 bits per heavy atom. The highest BCUT2D eigenvalue weighted by Gasteiger charge is 2.23. The largest absolute Gasteiger partial charge is 0.472 e. The molecular weight excluding hydrogens is 665 g/mol. The van der Waals surface area contributed by atoms with E-state index in [4.69, 9.17) is 13.8 Å². The van der Waals surface area contributed by atoms with Gasteiger partial charge in [0.1, 0.15) is 12.7 Å². The minimum atomic E-state index is -4.43. The molecule has 3 N–H and O–H groups in total. The number of phosphoric acid groups is 1. The Bertz CT molecular complexity index is 1110. The van der Waals surface area contributed by atoms with Gasteiger partial charge < -0.3 is 20.1 Å². The van der Waals surface area contributed by atoms with E-state index >= 15 is 0 Å². The van der Waals surface area contributed by atoms with E-state index in [2.05, 4.69) is 98.2 Å². The smallest absolute Gasteiger partial charge is 0.463 e. The second kappa shape index (κ2) is 37.0. The fourth-order valence-electron chi connectivity index (χ4n) is 4.45. The number of aliphatic hydroxyl groups is 1. The molecule has 0 spiro atoms. The van der Waals surface area contributed by atoms with Gasteiger partial charge in [0.15, 0.2) is 0 Å². The van der Waals surface area contributed by atoms with Gasteiger partial charge in [-0.15, -0.1) is 0 Å². The fraction of sp³-hybridized carbons (Fsp3) is 0.610. The van der Waals surface area contributed by atoms with Gasteiger partial charge in [-0.05, 0) is 77.0 Å². The summed E-state index contributed by atoms with van der Waals surface area (Å²) >= 11 is 0. The minimum Gasteiger partial charge on any atom is -0.463 e. The molecule has 0 fully saturated rings. The summed E-state index contributed by atoms with van der Waals surface area (Å²) in [5.74, 6) is -0.601. The molecule has 10 heteroatoms. The van der Waals surface area contributed by atoms with E-state index in [-0.39, 0.29) is 32.1 Å². The van der Waals surface area contributed by atoms with Gasteiger partial charge in [0.05, 0.1) is 13.2 Å². The van der Waals surface area contributed by atoms with E-state index in [0.29, 0.717) is 12.8 Å². The lowest BCUT2D eigenvalue weighted by Crippen LogP contribution is -2.27. The molecule has 2 unspecified atom stereocenters. The van der Waals surface area contributed by atoms with Crippen LogP contribution in [0.25, 0.3) is 0 Å². The van der Waals surface area contributed by atoms with E-state index < -0.39 is 26.5 Å². The van der Waals surface area contributed by atoms with Gasteiger partial charge in [0, 0.05) is 19.4 Å². The lowest BCUT2D eigenvalue weighted by molar-refractivity contribution is -0.147. The highest BCUT2D eigenvalue weighted by atomic mass is 31.2. The van der Waals surface area contributed by atoms with Crippen LogP contribution in [0, 0.1) is 0 Å². The summed E-state index contributed by atoms with van der Waals surface area (Å²) in [4.78, 5) is 33.7. The first-order valence-corrected chi connectivity index (χ1v) is 20.6. The third-order valence-corrected chi connectivity index (χ3v) is 8.27. The molecule has 0 bridgehead atoms. The summed E-state index contributed by atoms with van der Waals surface area (Å²) in [7, 11) is -4.43. The van der Waals surface area contributed by atoms with Crippen molar-refractivity contribution in [3.63, 3.8) is 0 Å². The van der Waals surface area contributed by atoms with Crippen molar-refractivity contribution in [2.45, 2.75) is 136 Å². The van der Waals surface area contributed by atoms with Crippen LogP contribution in [0.2, 0.25) is 0 Å². The van der Waals surface area contributed by atoms with Crippen molar-refractivity contribution in [1.82, 2.24) is 5.32 Å². The summed E-state index contributed by atoms with van der Waals surface area (Å²) < 4.78 is 26.7. The maximum atomic E-state index is 12.0. The molecule has 1 amide bonds. The summed E-state index contributed by atoms with van der Waals surface area (Å²) in [6.07, 6.45) is 45.2. The maximum Gasteiger partial charge on any atom is 0.472 e. The zero-order valence-electron chi connectivity index (χ0n) is 31.5. The average molecular weight is 734 g/mol. The first kappa shape index (κ1) is 48.2. The van der Waals surface area contributed by atoms with Gasteiger partial charge in [-0.1, -0.05) is 125 Å². The third-order valence-electron chi connectivity index (χ3n) is 7.29. The Morgan fingerprint density at radius 1 is 0.627 bits per heavy atom. The molecule has 0 aromatic carbocycles. The Kier molecular flexibility index (Phi) is 34.9. The number of amides is 1. The summed E-state index contributed by atoms with van der Waals surface area (Å²) in [6, 6.07) is 0. The molecule has 0 aromatic rings. The van der Waals surface area contributed by atoms with Crippen LogP contribution in [0.15, 0.2) is 85.1 Å². The summed E-state index contributed by atoms with van der Waals surface area (Å²) in [6.45, 7) is 3.25. The van der Waals surface area contributed by atoms with Crippen LogP contribution in [0.5, 0.6) is 0 Å². The molecule has 0 rings (SSSR count). The van der Waals surface area contributed by atoms with Crippen LogP contribution in [0.4, 0.5) is 0 Å². The molecular formula is C41H68NO8P. The molecule has 0 aliphatic carbocycles. The fourth-order valence-corrected chi connectivity index (χ4v) is 5.21. The minimum absolute atomic E-state index is 0.0620. The number of hydrogen-bond acceptors (Lipinski definition) is 7. The van der Waals surface area contributed by atoms with Gasteiger partial charge >= 0.3 is 13.8 Å². The van der Waals surface area contributed by atoms with Crippen molar-refractivity contribution in [1.29, 1.82) is 0 Å². The molecule has 0 saturated carbocycles. The van der Waals surface area contributed by atoms with Crippen LogP contribution in [-0.2, 0) is 27.9 Å². The van der Waals surface area contributed by atoms with Crippen LogP contribution in [-0.4, -0.2) is 54.3 Å². The van der Waals surface area contributed by atoms with E-state index in [0.717, 1.165) is 89.9 Å². The quantitative estimate of drug-likeness (QED) is 0.0258. The number of carbonyl (C=O) groups is 2. The maximum absolute atomic E-state index is 12.0. The Morgan fingerprint density at radius 3 is 1.73 bits per heavy atom. The number of allylic oxidation sites excluding steroid dienone is 14. The molecule has 290 valence electrons. The van der Waals surface area contributed by atoms with E-state index in [1.165, 1.54) is 6.42 Å². The Balaban J connectivity index is 3.76. The number of carbonyl (C=O) groups excluding carboxylic acids is 2. The van der Waals surface area contributed by atoms with Crippen LogP contribution >= 0.6 is 7.82 Å². The van der Waals surface area contributed by atoms with Gasteiger partial charge in [-0.2, -0.15) is 0 Å². The zero-order valence-corrected chi connectivity index (χ0v) is 32.4. The number of hydrogen-bond donors (Lipinski definition) is 3. The summed E-state index contributed by atoms with van der Waals surface area (Å²) in [5.41, 5.74) is 0. The zero-order chi connectivity index (χ0) is 37.5. The summed E-state index contributed by atoms with van der Waals surface area (Å²) in [5, 5.41) is 12.6. The van der Waals surface area contributed by atoms with Crippen LogP contribution < -0.4 is 5.32 Å². The van der Waals surface area contributed by atoms with Crippen molar-refractivity contribution in [2.24, 2.45) is 0 Å². The Labute approximate surface area is 309 Å². The molecule has 0 heterocycles. The predicted molar refractivity (Wildman–Crippen MR) is 210 cm³/mol. The first-order valence-electron chi connectivity index (χ1n) is 19.1. The van der Waals surface area contributed by atoms with Crippen molar-refractivity contribution >= 4 is 19.7 Å². The molecule has 0 saturated heterocycles. The highest BCUT2D eigenvalue weighted by Crippen LogP contribution is 2.42. The number of ether oxygens (including phenoxy) is 1. The lowest BCUT2D eigenvalue weighted by Gasteiger charge is -2.15. The first-order chi connectivity index (χ1) is 24.8. The van der Waals surface area contributed by atoms with E-state index in [1.807, 2.05) is 6.08 Å². The molecule has 0 aliphatic heterocycles. The van der Waals surface area contributed by atoms with Gasteiger partial charge in [0.2, 0.25) is 5.91 Å². The molecule has 9 nitrogen and oxygen atoms in total. The number of unbranched alkanes of at least 4 members (excludes halogenated alkanes) is 7. The van der Waals surface area contributed by atoms with E-state index in [9.17, 15) is 24.2 Å². The number of rotatable bonds is 34. The number of esters is 1. The van der Waals surface area contributed by atoms with Gasteiger partial charge in [-0.3, -0.25) is 18.6 Å². The number of nitrogens with one attached hydrogen (secondary N) is 1. The van der Waals surface area contributed by atoms with Crippen molar-refractivity contribution in [2.75, 3.05) is 26.4 Å². The van der Waals surface area contributed by atoms with Crippen LogP contribution in [0.1, 0.15) is 129 Å². The number of aliphatic hydroxyl groups excluding tert-OH is 1. The third kappa shape index (κ3) is 38.3. The normalized spacial score (nSPS) is 14.4. The molecule has 51 heavy (non-hydrogen) atoms. The average Bonchev–Trinajstić information content (AvgIpc) is 3.11.